The van der Waals surface area contributed by atoms with Gasteiger partial charge in [0.25, 0.3) is 0 Å². The van der Waals surface area contributed by atoms with Gasteiger partial charge in [-0.15, -0.1) is 0 Å². The van der Waals surface area contributed by atoms with Gasteiger partial charge in [0.05, 0.1) is 6.61 Å². The molecule has 0 spiro atoms. The minimum absolute atomic E-state index is 0.165. The van der Waals surface area contributed by atoms with Gasteiger partial charge in [0, 0.05) is 39.0 Å². The average molecular weight is 294 g/mol. The summed E-state index contributed by atoms with van der Waals surface area (Å²) in [5.74, 6) is 1.28. The molecule has 1 saturated heterocycles. The summed E-state index contributed by atoms with van der Waals surface area (Å²) in [5, 5.41) is 3.31. The maximum absolute atomic E-state index is 13.5. The SMILES string of the molecule is COCCNCc1cc(F)ccc1N1CCC(C(C)C)C1. The zero-order valence-electron chi connectivity index (χ0n) is 13.4. The van der Waals surface area contributed by atoms with Crippen molar-refractivity contribution >= 4 is 5.69 Å². The number of methoxy groups -OCH3 is 1. The van der Waals surface area contributed by atoms with Crippen molar-refractivity contribution in [3.05, 3.63) is 29.6 Å². The normalized spacial score (nSPS) is 18.7. The zero-order chi connectivity index (χ0) is 15.2. The molecule has 1 aromatic carbocycles. The molecule has 0 aliphatic carbocycles. The van der Waals surface area contributed by atoms with Gasteiger partial charge >= 0.3 is 0 Å². The predicted molar refractivity (Wildman–Crippen MR) is 85.1 cm³/mol. The van der Waals surface area contributed by atoms with Crippen molar-refractivity contribution in [2.75, 3.05) is 38.3 Å². The first-order valence-electron chi connectivity index (χ1n) is 7.85. The first-order chi connectivity index (χ1) is 10.1. The number of hydrogen-bond acceptors (Lipinski definition) is 3. The lowest BCUT2D eigenvalue weighted by Crippen LogP contribution is -2.25. The second-order valence-electron chi connectivity index (χ2n) is 6.18. The highest BCUT2D eigenvalue weighted by Crippen LogP contribution is 2.30. The minimum atomic E-state index is -0.165. The minimum Gasteiger partial charge on any atom is -0.383 e. The maximum Gasteiger partial charge on any atom is 0.123 e. The van der Waals surface area contributed by atoms with E-state index < -0.39 is 0 Å². The summed E-state index contributed by atoms with van der Waals surface area (Å²) in [6, 6.07) is 5.14. The quantitative estimate of drug-likeness (QED) is 0.782. The highest BCUT2D eigenvalue weighted by molar-refractivity contribution is 5.54. The van der Waals surface area contributed by atoms with Gasteiger partial charge in [0.1, 0.15) is 5.82 Å². The lowest BCUT2D eigenvalue weighted by molar-refractivity contribution is 0.199. The standard InChI is InChI=1S/C17H27FN2O/c1-13(2)14-6-8-20(12-14)17-5-4-16(18)10-15(17)11-19-7-9-21-3/h4-5,10,13-14,19H,6-9,11-12H2,1-3H3. The zero-order valence-corrected chi connectivity index (χ0v) is 13.4. The van der Waals surface area contributed by atoms with E-state index in [2.05, 4.69) is 24.1 Å². The molecule has 1 aliphatic rings. The summed E-state index contributed by atoms with van der Waals surface area (Å²) in [6.45, 7) is 8.84. The molecule has 2 rings (SSSR count). The summed E-state index contributed by atoms with van der Waals surface area (Å²) in [4.78, 5) is 2.40. The van der Waals surface area contributed by atoms with E-state index in [0.29, 0.717) is 19.1 Å². The summed E-state index contributed by atoms with van der Waals surface area (Å²) < 4.78 is 18.6. The van der Waals surface area contributed by atoms with Crippen LogP contribution in [0.4, 0.5) is 10.1 Å². The van der Waals surface area contributed by atoms with Crippen LogP contribution in [0.15, 0.2) is 18.2 Å². The highest BCUT2D eigenvalue weighted by Gasteiger charge is 2.26. The Bertz CT molecular complexity index is 450. The average Bonchev–Trinajstić information content (AvgIpc) is 2.93. The Morgan fingerprint density at radius 3 is 2.90 bits per heavy atom. The van der Waals surface area contributed by atoms with Gasteiger partial charge in [-0.25, -0.2) is 4.39 Å². The van der Waals surface area contributed by atoms with Crippen molar-refractivity contribution in [1.29, 1.82) is 0 Å². The Hall–Kier alpha value is -1.13. The lowest BCUT2D eigenvalue weighted by atomic mass is 9.95. The molecule has 0 radical (unpaired) electrons. The van der Waals surface area contributed by atoms with E-state index in [1.807, 2.05) is 6.07 Å². The Kier molecular flexibility index (Phi) is 6.00. The van der Waals surface area contributed by atoms with Crippen LogP contribution in [-0.4, -0.2) is 33.4 Å². The van der Waals surface area contributed by atoms with E-state index in [1.165, 1.54) is 12.1 Å². The molecule has 21 heavy (non-hydrogen) atoms. The largest absolute Gasteiger partial charge is 0.383 e. The van der Waals surface area contributed by atoms with Crippen LogP contribution in [0.1, 0.15) is 25.8 Å². The number of anilines is 1. The lowest BCUT2D eigenvalue weighted by Gasteiger charge is -2.23. The molecular weight excluding hydrogens is 267 g/mol. The summed E-state index contributed by atoms with van der Waals surface area (Å²) >= 11 is 0. The van der Waals surface area contributed by atoms with Crippen molar-refractivity contribution in [3.63, 3.8) is 0 Å². The fraction of sp³-hybridized carbons (Fsp3) is 0.647. The van der Waals surface area contributed by atoms with E-state index >= 15 is 0 Å². The fourth-order valence-corrected chi connectivity index (χ4v) is 2.95. The molecule has 4 heteroatoms. The monoisotopic (exact) mass is 294 g/mol. The van der Waals surface area contributed by atoms with Crippen LogP contribution in [0.3, 0.4) is 0 Å². The van der Waals surface area contributed by atoms with Crippen LogP contribution in [0.5, 0.6) is 0 Å². The summed E-state index contributed by atoms with van der Waals surface area (Å²) in [6.07, 6.45) is 1.23. The molecule has 0 saturated carbocycles. The number of nitrogens with zero attached hydrogens (tertiary/aromatic N) is 1. The number of ether oxygens (including phenoxy) is 1. The van der Waals surface area contributed by atoms with Crippen LogP contribution in [0, 0.1) is 17.7 Å². The van der Waals surface area contributed by atoms with Gasteiger partial charge < -0.3 is 15.0 Å². The van der Waals surface area contributed by atoms with Gasteiger partial charge in [0.2, 0.25) is 0 Å². The van der Waals surface area contributed by atoms with Gasteiger partial charge in [-0.3, -0.25) is 0 Å². The Morgan fingerprint density at radius 1 is 1.43 bits per heavy atom. The Morgan fingerprint density at radius 2 is 2.24 bits per heavy atom. The molecule has 1 atom stereocenters. The number of hydrogen-bond donors (Lipinski definition) is 1. The second-order valence-corrected chi connectivity index (χ2v) is 6.18. The first-order valence-corrected chi connectivity index (χ1v) is 7.85. The topological polar surface area (TPSA) is 24.5 Å². The van der Waals surface area contributed by atoms with E-state index in [0.717, 1.165) is 31.1 Å². The molecule has 1 fully saturated rings. The van der Waals surface area contributed by atoms with E-state index in [1.54, 1.807) is 19.2 Å². The van der Waals surface area contributed by atoms with Crippen LogP contribution < -0.4 is 10.2 Å². The van der Waals surface area contributed by atoms with Gasteiger partial charge in [-0.05, 0) is 42.0 Å². The van der Waals surface area contributed by atoms with Crippen molar-refractivity contribution < 1.29 is 9.13 Å². The molecule has 1 heterocycles. The molecule has 3 nitrogen and oxygen atoms in total. The van der Waals surface area contributed by atoms with Crippen LogP contribution in [0.25, 0.3) is 0 Å². The summed E-state index contributed by atoms with van der Waals surface area (Å²) in [5.41, 5.74) is 2.21. The third-order valence-electron chi connectivity index (χ3n) is 4.35. The van der Waals surface area contributed by atoms with Gasteiger partial charge in [0.15, 0.2) is 0 Å². The molecular formula is C17H27FN2O. The third kappa shape index (κ3) is 4.42. The van der Waals surface area contributed by atoms with Crippen molar-refractivity contribution in [3.8, 4) is 0 Å². The highest BCUT2D eigenvalue weighted by atomic mass is 19.1. The third-order valence-corrected chi connectivity index (χ3v) is 4.35. The molecule has 1 N–H and O–H groups in total. The van der Waals surface area contributed by atoms with E-state index in [9.17, 15) is 4.39 Å². The number of benzene rings is 1. The van der Waals surface area contributed by atoms with Crippen molar-refractivity contribution in [2.45, 2.75) is 26.8 Å². The molecule has 0 bridgehead atoms. The van der Waals surface area contributed by atoms with E-state index in [4.69, 9.17) is 4.74 Å². The smallest absolute Gasteiger partial charge is 0.123 e. The number of rotatable bonds is 7. The second kappa shape index (κ2) is 7.76. The Balaban J connectivity index is 2.04. The first kappa shape index (κ1) is 16.2. The molecule has 118 valence electrons. The molecule has 1 aliphatic heterocycles. The maximum atomic E-state index is 13.5. The van der Waals surface area contributed by atoms with E-state index in [-0.39, 0.29) is 5.82 Å². The fourth-order valence-electron chi connectivity index (χ4n) is 2.95. The van der Waals surface area contributed by atoms with Crippen molar-refractivity contribution in [1.82, 2.24) is 5.32 Å². The molecule has 1 aromatic rings. The number of halogens is 1. The van der Waals surface area contributed by atoms with Gasteiger partial charge in [-0.2, -0.15) is 0 Å². The number of nitrogens with one attached hydrogen (secondary N) is 1. The predicted octanol–water partition coefficient (Wildman–Crippen LogP) is 3.04. The molecule has 0 aromatic heterocycles. The molecule has 0 amide bonds. The van der Waals surface area contributed by atoms with Crippen LogP contribution in [0.2, 0.25) is 0 Å². The van der Waals surface area contributed by atoms with Crippen molar-refractivity contribution in [2.24, 2.45) is 11.8 Å². The van der Waals surface area contributed by atoms with Crippen LogP contribution in [-0.2, 0) is 11.3 Å². The molecule has 1 unspecified atom stereocenters. The van der Waals surface area contributed by atoms with Gasteiger partial charge in [-0.1, -0.05) is 13.8 Å². The van der Waals surface area contributed by atoms with Crippen LogP contribution >= 0.6 is 0 Å². The Labute approximate surface area is 127 Å². The summed E-state index contributed by atoms with van der Waals surface area (Å²) in [7, 11) is 1.69.